The molecule has 106 valence electrons. The first-order chi connectivity index (χ1) is 9.09. The molecule has 1 aliphatic carbocycles. The quantitative estimate of drug-likeness (QED) is 0.700. The van der Waals surface area contributed by atoms with Crippen molar-refractivity contribution in [3.05, 3.63) is 36.0 Å². The Labute approximate surface area is 113 Å². The number of nitrogens with two attached hydrogens (primary N) is 1. The average Bonchev–Trinajstić information content (AvgIpc) is 2.66. The summed E-state index contributed by atoms with van der Waals surface area (Å²) in [6.45, 7) is 3.60. The Hall–Kier alpha value is -1.88. The van der Waals surface area contributed by atoms with Crippen LogP contribution >= 0.6 is 0 Å². The van der Waals surface area contributed by atoms with E-state index in [1.807, 2.05) is 44.2 Å². The van der Waals surface area contributed by atoms with Crippen molar-refractivity contribution in [3.63, 3.8) is 0 Å². The zero-order chi connectivity index (χ0) is 14.7. The van der Waals surface area contributed by atoms with Gasteiger partial charge in [-0.05, 0) is 18.4 Å². The average molecular weight is 266 g/mol. The lowest BCUT2D eigenvalue weighted by molar-refractivity contribution is -0.138. The second kappa shape index (κ2) is 10.1. The Morgan fingerprint density at radius 1 is 1.42 bits per heavy atom. The van der Waals surface area contributed by atoms with E-state index in [4.69, 9.17) is 10.8 Å². The lowest BCUT2D eigenvalue weighted by Gasteiger charge is -2.11. The van der Waals surface area contributed by atoms with Crippen LogP contribution in [0.4, 0.5) is 0 Å². The van der Waals surface area contributed by atoms with E-state index in [0.717, 1.165) is 12.0 Å². The Morgan fingerprint density at radius 2 is 2.11 bits per heavy atom. The molecule has 4 N–H and O–H groups in total. The van der Waals surface area contributed by atoms with Crippen LogP contribution in [0.15, 0.2) is 36.0 Å². The molecule has 0 aliphatic heterocycles. The minimum absolute atomic E-state index is 0.395. The van der Waals surface area contributed by atoms with E-state index < -0.39 is 24.5 Å². The number of aliphatic carboxylic acids is 1. The highest BCUT2D eigenvalue weighted by molar-refractivity contribution is 5.85. The van der Waals surface area contributed by atoms with Crippen molar-refractivity contribution in [1.82, 2.24) is 5.32 Å². The highest BCUT2D eigenvalue weighted by Gasteiger charge is 2.14. The van der Waals surface area contributed by atoms with Crippen molar-refractivity contribution < 1.29 is 14.7 Å². The van der Waals surface area contributed by atoms with Crippen LogP contribution in [0.2, 0.25) is 0 Å². The maximum Gasteiger partial charge on any atom is 0.322 e. The van der Waals surface area contributed by atoms with Crippen LogP contribution in [0.5, 0.6) is 0 Å². The van der Waals surface area contributed by atoms with Crippen molar-refractivity contribution in [1.29, 1.82) is 0 Å². The lowest BCUT2D eigenvalue weighted by Crippen LogP contribution is -2.42. The summed E-state index contributed by atoms with van der Waals surface area (Å²) in [6.07, 6.45) is 11.0. The van der Waals surface area contributed by atoms with Crippen LogP contribution in [0.25, 0.3) is 0 Å². The Bertz CT molecular complexity index is 384. The number of carbonyl (C=O) groups is 2. The van der Waals surface area contributed by atoms with E-state index in [-0.39, 0.29) is 0 Å². The first-order valence-electron chi connectivity index (χ1n) is 6.37. The van der Waals surface area contributed by atoms with Gasteiger partial charge < -0.3 is 16.2 Å². The van der Waals surface area contributed by atoms with Gasteiger partial charge in [-0.25, -0.2) is 0 Å². The van der Waals surface area contributed by atoms with Gasteiger partial charge in [0.25, 0.3) is 0 Å². The maximum atomic E-state index is 11.4. The lowest BCUT2D eigenvalue weighted by atomic mass is 10.1. The zero-order valence-corrected chi connectivity index (χ0v) is 11.4. The largest absolute Gasteiger partial charge is 0.480 e. The second-order valence-electron chi connectivity index (χ2n) is 3.73. The van der Waals surface area contributed by atoms with E-state index in [9.17, 15) is 9.59 Å². The molecule has 1 aliphatic rings. The predicted molar refractivity (Wildman–Crippen MR) is 75.6 cm³/mol. The molecule has 0 heterocycles. The van der Waals surface area contributed by atoms with Gasteiger partial charge in [0.05, 0.1) is 6.04 Å². The molecule has 0 aromatic rings. The topological polar surface area (TPSA) is 92.4 Å². The molecule has 5 heteroatoms. The Kier molecular flexibility index (Phi) is 9.08. The third kappa shape index (κ3) is 7.94. The van der Waals surface area contributed by atoms with Gasteiger partial charge in [-0.2, -0.15) is 0 Å². The fraction of sp³-hybridized carbons (Fsp3) is 0.429. The summed E-state index contributed by atoms with van der Waals surface area (Å²) in [6, 6.07) is -0.725. The number of allylic oxidation sites excluding steroid dienone is 5. The van der Waals surface area contributed by atoms with Crippen LogP contribution in [0, 0.1) is 0 Å². The van der Waals surface area contributed by atoms with E-state index >= 15 is 0 Å². The smallest absolute Gasteiger partial charge is 0.322 e. The number of amides is 1. The van der Waals surface area contributed by atoms with Crippen LogP contribution in [-0.4, -0.2) is 29.6 Å². The molecule has 0 aromatic heterocycles. The number of hydrogen-bond acceptors (Lipinski definition) is 3. The SMILES string of the molecule is CC.NC(CC1=CC=CCC=C1)C(=O)NCC(=O)O. The third-order valence-corrected chi connectivity index (χ3v) is 2.26. The van der Waals surface area contributed by atoms with Gasteiger partial charge in [0, 0.05) is 0 Å². The second-order valence-corrected chi connectivity index (χ2v) is 3.73. The van der Waals surface area contributed by atoms with Gasteiger partial charge >= 0.3 is 5.97 Å². The highest BCUT2D eigenvalue weighted by Crippen LogP contribution is 2.10. The minimum Gasteiger partial charge on any atom is -0.480 e. The highest BCUT2D eigenvalue weighted by atomic mass is 16.4. The molecule has 19 heavy (non-hydrogen) atoms. The van der Waals surface area contributed by atoms with Gasteiger partial charge in [-0.3, -0.25) is 9.59 Å². The van der Waals surface area contributed by atoms with Gasteiger partial charge in [-0.1, -0.05) is 44.2 Å². The molecule has 0 fully saturated rings. The molecule has 1 rings (SSSR count). The predicted octanol–water partition coefficient (Wildman–Crippen LogP) is 1.37. The summed E-state index contributed by atoms with van der Waals surface area (Å²) in [4.78, 5) is 21.7. The molecule has 5 nitrogen and oxygen atoms in total. The molecule has 0 bridgehead atoms. The van der Waals surface area contributed by atoms with Crippen molar-refractivity contribution in [2.75, 3.05) is 6.54 Å². The van der Waals surface area contributed by atoms with E-state index in [1.165, 1.54) is 0 Å². The van der Waals surface area contributed by atoms with E-state index in [0.29, 0.717) is 6.42 Å². The summed E-state index contributed by atoms with van der Waals surface area (Å²) in [5, 5.41) is 10.7. The fourth-order valence-electron chi connectivity index (χ4n) is 1.40. The first-order valence-corrected chi connectivity index (χ1v) is 6.37. The van der Waals surface area contributed by atoms with Crippen molar-refractivity contribution in [2.24, 2.45) is 5.73 Å². The number of carboxylic acid groups (broad SMARTS) is 1. The Morgan fingerprint density at radius 3 is 2.74 bits per heavy atom. The number of rotatable bonds is 5. The fourth-order valence-corrected chi connectivity index (χ4v) is 1.40. The van der Waals surface area contributed by atoms with E-state index in [2.05, 4.69) is 5.32 Å². The molecule has 0 saturated heterocycles. The molecule has 1 atom stereocenters. The van der Waals surface area contributed by atoms with Crippen molar-refractivity contribution in [3.8, 4) is 0 Å². The van der Waals surface area contributed by atoms with Crippen LogP contribution in [-0.2, 0) is 9.59 Å². The maximum absolute atomic E-state index is 11.4. The molecule has 1 amide bonds. The summed E-state index contributed by atoms with van der Waals surface area (Å²) in [5.41, 5.74) is 6.64. The monoisotopic (exact) mass is 266 g/mol. The summed E-state index contributed by atoms with van der Waals surface area (Å²) >= 11 is 0. The number of carboxylic acids is 1. The molecule has 0 aromatic carbocycles. The van der Waals surface area contributed by atoms with Crippen molar-refractivity contribution in [2.45, 2.75) is 32.7 Å². The number of carbonyl (C=O) groups excluding carboxylic acids is 1. The molecular weight excluding hydrogens is 244 g/mol. The van der Waals surface area contributed by atoms with Gasteiger partial charge in [0.1, 0.15) is 6.54 Å². The molecule has 0 saturated carbocycles. The van der Waals surface area contributed by atoms with Gasteiger partial charge in [0.15, 0.2) is 0 Å². The van der Waals surface area contributed by atoms with Gasteiger partial charge in [0.2, 0.25) is 5.91 Å². The number of nitrogens with one attached hydrogen (secondary N) is 1. The van der Waals surface area contributed by atoms with Crippen molar-refractivity contribution >= 4 is 11.9 Å². The number of hydrogen-bond donors (Lipinski definition) is 3. The summed E-state index contributed by atoms with van der Waals surface area (Å²) < 4.78 is 0. The Balaban J connectivity index is 0.00000154. The standard InChI is InChI=1S/C12H16N2O3.C2H6/c13-10(12(17)14-8-11(15)16)7-9-5-3-1-2-4-6-9;1-2/h1,3-6,10H,2,7-8,13H2,(H,14,17)(H,15,16);1-2H3. The van der Waals surface area contributed by atoms with E-state index in [1.54, 1.807) is 0 Å². The van der Waals surface area contributed by atoms with Crippen LogP contribution in [0.1, 0.15) is 26.7 Å². The normalized spacial score (nSPS) is 14.6. The zero-order valence-electron chi connectivity index (χ0n) is 11.4. The van der Waals surface area contributed by atoms with Crippen LogP contribution < -0.4 is 11.1 Å². The first kappa shape index (κ1) is 17.1. The summed E-state index contributed by atoms with van der Waals surface area (Å²) in [5.74, 6) is -1.53. The summed E-state index contributed by atoms with van der Waals surface area (Å²) in [7, 11) is 0. The molecular formula is C14H22N2O3. The van der Waals surface area contributed by atoms with Gasteiger partial charge in [-0.15, -0.1) is 0 Å². The molecule has 1 unspecified atom stereocenters. The molecule has 0 spiro atoms. The van der Waals surface area contributed by atoms with Crippen LogP contribution in [0.3, 0.4) is 0 Å². The third-order valence-electron chi connectivity index (χ3n) is 2.26. The minimum atomic E-state index is -1.08. The molecule has 0 radical (unpaired) electrons.